The highest BCUT2D eigenvalue weighted by Crippen LogP contribution is 2.32. The van der Waals surface area contributed by atoms with E-state index in [1.807, 2.05) is 43.0 Å². The number of anilines is 1. The summed E-state index contributed by atoms with van der Waals surface area (Å²) >= 11 is 3.49. The Hall–Kier alpha value is -1.27. The summed E-state index contributed by atoms with van der Waals surface area (Å²) < 4.78 is 0.932. The smallest absolute Gasteiger partial charge is 0.220 e. The third kappa shape index (κ3) is 2.59. The predicted octanol–water partition coefficient (Wildman–Crippen LogP) is -1.36. The van der Waals surface area contributed by atoms with Crippen LogP contribution in [0.15, 0.2) is 38.7 Å². The fraction of sp³-hybridized carbons (Fsp3) is 0.273. The summed E-state index contributed by atoms with van der Waals surface area (Å²) in [5, 5.41) is 0. The van der Waals surface area contributed by atoms with Gasteiger partial charge in [-0.2, -0.15) is 4.99 Å². The Balaban J connectivity index is 0.00000162. The van der Waals surface area contributed by atoms with Crippen molar-refractivity contribution in [2.24, 2.45) is 21.5 Å². The zero-order valence-electron chi connectivity index (χ0n) is 10.1. The molecule has 2 rings (SSSR count). The third-order valence-corrected chi connectivity index (χ3v) is 3.16. The lowest BCUT2D eigenvalue weighted by atomic mass is 10.1. The Kier molecular flexibility index (Phi) is 4.24. The van der Waals surface area contributed by atoms with Crippen LogP contribution < -0.4 is 28.8 Å². The summed E-state index contributed by atoms with van der Waals surface area (Å²) in [6.45, 7) is 3.86. The maximum absolute atomic E-state index is 5.94. The molecule has 0 amide bonds. The van der Waals surface area contributed by atoms with E-state index in [4.69, 9.17) is 11.5 Å². The molecular weight excluding hydrogens is 318 g/mol. The van der Waals surface area contributed by atoms with Crippen LogP contribution in [0.3, 0.4) is 0 Å². The molecule has 18 heavy (non-hydrogen) atoms. The molecule has 0 bridgehead atoms. The Bertz CT molecular complexity index is 512. The SMILES string of the molecule is CC1(C)N=C(N)N=C(N)N1c1ccccc1Br.[Cl-]. The first-order valence-corrected chi connectivity index (χ1v) is 5.95. The molecule has 98 valence electrons. The van der Waals surface area contributed by atoms with Crippen LogP contribution in [0.4, 0.5) is 5.69 Å². The van der Waals surface area contributed by atoms with Gasteiger partial charge in [0, 0.05) is 4.47 Å². The Morgan fingerprint density at radius 2 is 1.83 bits per heavy atom. The molecule has 1 aromatic rings. The van der Waals surface area contributed by atoms with Crippen molar-refractivity contribution >= 4 is 33.5 Å². The summed E-state index contributed by atoms with van der Waals surface area (Å²) in [6, 6.07) is 7.77. The normalized spacial score (nSPS) is 17.6. The van der Waals surface area contributed by atoms with Crippen molar-refractivity contribution in [1.29, 1.82) is 0 Å². The van der Waals surface area contributed by atoms with Crippen LogP contribution >= 0.6 is 15.9 Å². The molecule has 5 nitrogen and oxygen atoms in total. The van der Waals surface area contributed by atoms with E-state index in [0.29, 0.717) is 5.96 Å². The molecule has 1 aliphatic rings. The van der Waals surface area contributed by atoms with Gasteiger partial charge in [0.05, 0.1) is 5.69 Å². The van der Waals surface area contributed by atoms with Gasteiger partial charge in [-0.05, 0) is 41.9 Å². The number of hydrogen-bond acceptors (Lipinski definition) is 5. The van der Waals surface area contributed by atoms with Crippen molar-refractivity contribution in [2.45, 2.75) is 19.5 Å². The van der Waals surface area contributed by atoms with Crippen LogP contribution in [0.1, 0.15) is 13.8 Å². The monoisotopic (exact) mass is 330 g/mol. The van der Waals surface area contributed by atoms with Crippen LogP contribution in [0.2, 0.25) is 0 Å². The first-order valence-electron chi connectivity index (χ1n) is 5.16. The Labute approximate surface area is 121 Å². The van der Waals surface area contributed by atoms with E-state index in [1.54, 1.807) is 0 Å². The second-order valence-corrected chi connectivity index (χ2v) is 5.08. The second kappa shape index (κ2) is 5.16. The number of aliphatic imine (C=N–C) groups is 2. The molecule has 0 saturated heterocycles. The maximum Gasteiger partial charge on any atom is 0.220 e. The van der Waals surface area contributed by atoms with Gasteiger partial charge < -0.3 is 23.9 Å². The minimum Gasteiger partial charge on any atom is -1.00 e. The highest BCUT2D eigenvalue weighted by atomic mass is 79.9. The number of hydrogen-bond donors (Lipinski definition) is 2. The standard InChI is InChI=1S/C11H14BrN5.ClH/c1-11(2)16-9(13)15-10(14)17(11)8-6-4-3-5-7(8)12;/h3-6H,1-2H3,(H4,13,14,15,16);1H/p-1. The molecule has 0 saturated carbocycles. The highest BCUT2D eigenvalue weighted by Gasteiger charge is 2.33. The van der Waals surface area contributed by atoms with E-state index < -0.39 is 5.66 Å². The predicted molar refractivity (Wildman–Crippen MR) is 73.9 cm³/mol. The zero-order valence-corrected chi connectivity index (χ0v) is 12.4. The Morgan fingerprint density at radius 1 is 1.22 bits per heavy atom. The maximum atomic E-state index is 5.94. The molecule has 1 aliphatic heterocycles. The highest BCUT2D eigenvalue weighted by molar-refractivity contribution is 9.10. The van der Waals surface area contributed by atoms with E-state index in [9.17, 15) is 0 Å². The zero-order chi connectivity index (χ0) is 12.6. The van der Waals surface area contributed by atoms with Crippen molar-refractivity contribution in [3.8, 4) is 0 Å². The lowest BCUT2D eigenvalue weighted by molar-refractivity contribution is -0.00000432. The van der Waals surface area contributed by atoms with Crippen LogP contribution in [0.25, 0.3) is 0 Å². The molecule has 0 radical (unpaired) electrons. The van der Waals surface area contributed by atoms with Gasteiger partial charge in [0.2, 0.25) is 11.9 Å². The van der Waals surface area contributed by atoms with E-state index in [0.717, 1.165) is 10.2 Å². The van der Waals surface area contributed by atoms with Crippen molar-refractivity contribution < 1.29 is 12.4 Å². The van der Waals surface area contributed by atoms with E-state index in [-0.39, 0.29) is 18.4 Å². The second-order valence-electron chi connectivity index (χ2n) is 4.22. The topological polar surface area (TPSA) is 80.0 Å². The number of benzene rings is 1. The molecule has 0 aromatic heterocycles. The molecule has 0 atom stereocenters. The summed E-state index contributed by atoms with van der Waals surface area (Å²) in [5.74, 6) is 0.546. The van der Waals surface area contributed by atoms with Crippen LogP contribution in [-0.2, 0) is 0 Å². The molecule has 1 aromatic carbocycles. The van der Waals surface area contributed by atoms with Gasteiger partial charge >= 0.3 is 0 Å². The summed E-state index contributed by atoms with van der Waals surface area (Å²) in [6.07, 6.45) is 0. The first kappa shape index (κ1) is 14.8. The van der Waals surface area contributed by atoms with Crippen molar-refractivity contribution in [3.05, 3.63) is 28.7 Å². The fourth-order valence-electron chi connectivity index (χ4n) is 1.85. The molecule has 1 heterocycles. The van der Waals surface area contributed by atoms with Crippen molar-refractivity contribution in [1.82, 2.24) is 0 Å². The number of nitrogens with zero attached hydrogens (tertiary/aromatic N) is 3. The lowest BCUT2D eigenvalue weighted by Crippen LogP contribution is -3.00. The summed E-state index contributed by atoms with van der Waals surface area (Å²) in [4.78, 5) is 10.1. The number of rotatable bonds is 1. The number of para-hydroxylation sites is 1. The van der Waals surface area contributed by atoms with Crippen molar-refractivity contribution in [2.75, 3.05) is 4.90 Å². The fourth-order valence-corrected chi connectivity index (χ4v) is 2.32. The van der Waals surface area contributed by atoms with Gasteiger partial charge in [-0.15, -0.1) is 0 Å². The minimum atomic E-state index is -0.556. The molecule has 0 fully saturated rings. The number of nitrogens with two attached hydrogens (primary N) is 2. The first-order chi connectivity index (χ1) is 7.92. The van der Waals surface area contributed by atoms with Gasteiger partial charge in [0.25, 0.3) is 0 Å². The lowest BCUT2D eigenvalue weighted by Gasteiger charge is -2.38. The van der Waals surface area contributed by atoms with E-state index in [1.165, 1.54) is 0 Å². The quantitative estimate of drug-likeness (QED) is 0.667. The molecule has 4 N–H and O–H groups in total. The minimum absolute atomic E-state index is 0. The largest absolute Gasteiger partial charge is 1.00 e. The van der Waals surface area contributed by atoms with Gasteiger partial charge in [-0.3, -0.25) is 4.90 Å². The average molecular weight is 332 g/mol. The molecule has 0 spiro atoms. The molecular formula is C11H14BrClN5-. The number of halogens is 2. The molecule has 0 unspecified atom stereocenters. The van der Waals surface area contributed by atoms with Crippen molar-refractivity contribution in [3.63, 3.8) is 0 Å². The average Bonchev–Trinajstić information content (AvgIpc) is 2.18. The van der Waals surface area contributed by atoms with Gasteiger partial charge in [0.1, 0.15) is 5.66 Å². The van der Waals surface area contributed by atoms with E-state index in [2.05, 4.69) is 25.9 Å². The van der Waals surface area contributed by atoms with E-state index >= 15 is 0 Å². The van der Waals surface area contributed by atoms with Crippen LogP contribution in [0, 0.1) is 0 Å². The number of guanidine groups is 2. The molecule has 0 aliphatic carbocycles. The third-order valence-electron chi connectivity index (χ3n) is 2.49. The molecule has 7 heteroatoms. The van der Waals surface area contributed by atoms with Crippen LogP contribution in [-0.4, -0.2) is 17.6 Å². The van der Waals surface area contributed by atoms with Crippen LogP contribution in [0.5, 0.6) is 0 Å². The van der Waals surface area contributed by atoms with Gasteiger partial charge in [-0.1, -0.05) is 12.1 Å². The Morgan fingerprint density at radius 3 is 2.39 bits per heavy atom. The summed E-state index contributed by atoms with van der Waals surface area (Å²) in [5.41, 5.74) is 11.9. The van der Waals surface area contributed by atoms with Gasteiger partial charge in [-0.25, -0.2) is 4.99 Å². The summed E-state index contributed by atoms with van der Waals surface area (Å²) in [7, 11) is 0. The van der Waals surface area contributed by atoms with Gasteiger partial charge in [0.15, 0.2) is 0 Å².